The van der Waals surface area contributed by atoms with E-state index in [2.05, 4.69) is 10.3 Å². The number of anilines is 1. The second kappa shape index (κ2) is 9.93. The highest BCUT2D eigenvalue weighted by Gasteiger charge is 2.14. The molecule has 0 unspecified atom stereocenters. The van der Waals surface area contributed by atoms with E-state index in [9.17, 15) is 4.79 Å². The molecule has 0 bridgehead atoms. The molecule has 0 aliphatic carbocycles. The summed E-state index contributed by atoms with van der Waals surface area (Å²) in [5.41, 5.74) is 1.37. The topological polar surface area (TPSA) is 83.8 Å². The summed E-state index contributed by atoms with van der Waals surface area (Å²) in [4.78, 5) is 16.9. The number of imidazole rings is 1. The van der Waals surface area contributed by atoms with Crippen LogP contribution in [0.15, 0.2) is 53.9 Å². The molecule has 158 valence electrons. The van der Waals surface area contributed by atoms with Crippen LogP contribution < -0.4 is 24.3 Å². The van der Waals surface area contributed by atoms with E-state index in [-0.39, 0.29) is 11.7 Å². The summed E-state index contributed by atoms with van der Waals surface area (Å²) < 4.78 is 23.1. The smallest absolute Gasteiger partial charge is 0.234 e. The lowest BCUT2D eigenvalue weighted by Crippen LogP contribution is -2.15. The first kappa shape index (κ1) is 21.4. The standard InChI is InChI=1S/C21H23N3O5S/c1-26-14-5-7-16(18(11-14)28-3)23-20(25)13-30-21-22-9-10-24(21)17-8-6-15(27-2)12-19(17)29-4/h5-12H,13H2,1-4H3,(H,23,25). The van der Waals surface area contributed by atoms with Crippen LogP contribution in [0.1, 0.15) is 0 Å². The van der Waals surface area contributed by atoms with Crippen molar-refractivity contribution in [3.05, 3.63) is 48.8 Å². The summed E-state index contributed by atoms with van der Waals surface area (Å²) in [5, 5.41) is 3.52. The molecule has 0 saturated carbocycles. The van der Waals surface area contributed by atoms with Crippen LogP contribution in [0.25, 0.3) is 5.69 Å². The number of rotatable bonds is 9. The van der Waals surface area contributed by atoms with E-state index in [1.165, 1.54) is 18.9 Å². The summed E-state index contributed by atoms with van der Waals surface area (Å²) in [5.74, 6) is 2.50. The van der Waals surface area contributed by atoms with E-state index < -0.39 is 0 Å². The Hall–Kier alpha value is -3.33. The maximum absolute atomic E-state index is 12.5. The largest absolute Gasteiger partial charge is 0.497 e. The van der Waals surface area contributed by atoms with Crippen molar-refractivity contribution in [1.29, 1.82) is 0 Å². The number of hydrogen-bond acceptors (Lipinski definition) is 7. The van der Waals surface area contributed by atoms with Gasteiger partial charge in [0.15, 0.2) is 5.16 Å². The van der Waals surface area contributed by atoms with E-state index in [1.54, 1.807) is 51.8 Å². The van der Waals surface area contributed by atoms with Crippen molar-refractivity contribution in [3.63, 3.8) is 0 Å². The third-order valence-corrected chi connectivity index (χ3v) is 5.24. The lowest BCUT2D eigenvalue weighted by molar-refractivity contribution is -0.113. The van der Waals surface area contributed by atoms with Crippen molar-refractivity contribution in [2.24, 2.45) is 0 Å². The number of aromatic nitrogens is 2. The number of hydrogen-bond donors (Lipinski definition) is 1. The van der Waals surface area contributed by atoms with Crippen molar-refractivity contribution < 1.29 is 23.7 Å². The summed E-state index contributed by atoms with van der Waals surface area (Å²) in [6.45, 7) is 0. The van der Waals surface area contributed by atoms with Gasteiger partial charge in [0.2, 0.25) is 5.91 Å². The van der Waals surface area contributed by atoms with Crippen LogP contribution in [0.2, 0.25) is 0 Å². The molecular formula is C21H23N3O5S. The maximum Gasteiger partial charge on any atom is 0.234 e. The van der Waals surface area contributed by atoms with Crippen LogP contribution >= 0.6 is 11.8 Å². The van der Waals surface area contributed by atoms with Gasteiger partial charge in [0.25, 0.3) is 0 Å². The molecule has 9 heteroatoms. The zero-order valence-electron chi connectivity index (χ0n) is 17.2. The molecule has 1 aromatic heterocycles. The zero-order chi connectivity index (χ0) is 21.5. The molecule has 0 aliphatic rings. The number of nitrogens with zero attached hydrogens (tertiary/aromatic N) is 2. The minimum Gasteiger partial charge on any atom is -0.497 e. The van der Waals surface area contributed by atoms with Gasteiger partial charge in [0, 0.05) is 24.5 Å². The predicted molar refractivity (Wildman–Crippen MR) is 116 cm³/mol. The van der Waals surface area contributed by atoms with E-state index >= 15 is 0 Å². The molecule has 0 radical (unpaired) electrons. The Labute approximate surface area is 179 Å². The van der Waals surface area contributed by atoms with Gasteiger partial charge in [0.1, 0.15) is 23.0 Å². The van der Waals surface area contributed by atoms with Crippen molar-refractivity contribution in [1.82, 2.24) is 9.55 Å². The summed E-state index contributed by atoms with van der Waals surface area (Å²) in [7, 11) is 6.31. The Bertz CT molecular complexity index is 1020. The number of amides is 1. The monoisotopic (exact) mass is 429 g/mol. The molecule has 30 heavy (non-hydrogen) atoms. The molecule has 0 fully saturated rings. The van der Waals surface area contributed by atoms with Crippen LogP contribution in [0.3, 0.4) is 0 Å². The number of methoxy groups -OCH3 is 4. The van der Waals surface area contributed by atoms with E-state index in [1.807, 2.05) is 22.9 Å². The fraction of sp³-hybridized carbons (Fsp3) is 0.238. The van der Waals surface area contributed by atoms with Gasteiger partial charge in [-0.15, -0.1) is 0 Å². The average Bonchev–Trinajstić information content (AvgIpc) is 3.25. The van der Waals surface area contributed by atoms with Crippen molar-refractivity contribution in [2.75, 3.05) is 39.5 Å². The molecule has 0 aliphatic heterocycles. The van der Waals surface area contributed by atoms with Gasteiger partial charge in [-0.1, -0.05) is 11.8 Å². The quantitative estimate of drug-likeness (QED) is 0.520. The fourth-order valence-electron chi connectivity index (χ4n) is 2.78. The van der Waals surface area contributed by atoms with Gasteiger partial charge in [-0.3, -0.25) is 9.36 Å². The van der Waals surface area contributed by atoms with Crippen LogP contribution in [0.4, 0.5) is 5.69 Å². The number of thioether (sulfide) groups is 1. The number of nitrogens with one attached hydrogen (secondary N) is 1. The molecule has 1 heterocycles. The second-order valence-electron chi connectivity index (χ2n) is 6.02. The van der Waals surface area contributed by atoms with Gasteiger partial charge in [-0.05, 0) is 24.3 Å². The predicted octanol–water partition coefficient (Wildman–Crippen LogP) is 3.64. The maximum atomic E-state index is 12.5. The van der Waals surface area contributed by atoms with Crippen LogP contribution in [0.5, 0.6) is 23.0 Å². The van der Waals surface area contributed by atoms with Gasteiger partial charge in [-0.2, -0.15) is 0 Å². The number of ether oxygens (including phenoxy) is 4. The molecule has 0 atom stereocenters. The first-order valence-corrected chi connectivity index (χ1v) is 9.98. The SMILES string of the molecule is COc1ccc(NC(=O)CSc2nccn2-c2ccc(OC)cc2OC)c(OC)c1. The molecule has 2 aromatic carbocycles. The molecule has 1 amide bonds. The average molecular weight is 429 g/mol. The highest BCUT2D eigenvalue weighted by Crippen LogP contribution is 2.32. The third-order valence-electron chi connectivity index (χ3n) is 4.27. The summed E-state index contributed by atoms with van der Waals surface area (Å²) in [6.07, 6.45) is 3.49. The Balaban J connectivity index is 1.71. The normalized spacial score (nSPS) is 10.4. The minimum atomic E-state index is -0.181. The highest BCUT2D eigenvalue weighted by atomic mass is 32.2. The molecule has 3 rings (SSSR count). The van der Waals surface area contributed by atoms with Crippen molar-refractivity contribution in [2.45, 2.75) is 5.16 Å². The Morgan fingerprint density at radius 3 is 2.30 bits per heavy atom. The second-order valence-corrected chi connectivity index (χ2v) is 6.96. The van der Waals surface area contributed by atoms with Crippen LogP contribution in [-0.2, 0) is 4.79 Å². The van der Waals surface area contributed by atoms with Crippen molar-refractivity contribution >= 4 is 23.4 Å². The molecular weight excluding hydrogens is 406 g/mol. The summed E-state index contributed by atoms with van der Waals surface area (Å²) in [6, 6.07) is 10.7. The lowest BCUT2D eigenvalue weighted by atomic mass is 10.2. The number of carbonyl (C=O) groups is 1. The van der Waals surface area contributed by atoms with E-state index in [4.69, 9.17) is 18.9 Å². The molecule has 8 nitrogen and oxygen atoms in total. The van der Waals surface area contributed by atoms with Crippen LogP contribution in [-0.4, -0.2) is 49.7 Å². The first-order chi connectivity index (χ1) is 14.6. The number of benzene rings is 2. The highest BCUT2D eigenvalue weighted by molar-refractivity contribution is 7.99. The fourth-order valence-corrected chi connectivity index (χ4v) is 3.55. The van der Waals surface area contributed by atoms with Crippen molar-refractivity contribution in [3.8, 4) is 28.7 Å². The summed E-state index contributed by atoms with van der Waals surface area (Å²) >= 11 is 1.31. The van der Waals surface area contributed by atoms with Gasteiger partial charge in [0.05, 0.1) is 45.6 Å². The molecule has 0 spiro atoms. The Kier molecular flexibility index (Phi) is 7.08. The number of carbonyl (C=O) groups excluding carboxylic acids is 1. The van der Waals surface area contributed by atoms with Gasteiger partial charge in [-0.25, -0.2) is 4.98 Å². The molecule has 3 aromatic rings. The Morgan fingerprint density at radius 1 is 0.967 bits per heavy atom. The molecule has 0 saturated heterocycles. The first-order valence-electron chi connectivity index (χ1n) is 9.00. The van der Waals surface area contributed by atoms with E-state index in [0.29, 0.717) is 33.8 Å². The zero-order valence-corrected chi connectivity index (χ0v) is 18.0. The lowest BCUT2D eigenvalue weighted by Gasteiger charge is -2.13. The van der Waals surface area contributed by atoms with Gasteiger partial charge >= 0.3 is 0 Å². The third kappa shape index (κ3) is 4.80. The Morgan fingerprint density at radius 2 is 1.63 bits per heavy atom. The van der Waals surface area contributed by atoms with Crippen LogP contribution in [0, 0.1) is 0 Å². The van der Waals surface area contributed by atoms with E-state index in [0.717, 1.165) is 5.69 Å². The van der Waals surface area contributed by atoms with Gasteiger partial charge < -0.3 is 24.3 Å². The molecule has 1 N–H and O–H groups in total. The minimum absolute atomic E-state index is 0.171.